The average Bonchev–Trinajstić information content (AvgIpc) is 2.09. The van der Waals surface area contributed by atoms with Gasteiger partial charge in [0.05, 0.1) is 24.0 Å². The van der Waals surface area contributed by atoms with Crippen molar-refractivity contribution in [1.29, 1.82) is 5.41 Å². The van der Waals surface area contributed by atoms with Gasteiger partial charge in [0.25, 0.3) is 0 Å². The van der Waals surface area contributed by atoms with Gasteiger partial charge in [0.2, 0.25) is 0 Å². The number of amidine groups is 1. The van der Waals surface area contributed by atoms with Crippen molar-refractivity contribution in [1.82, 2.24) is 4.98 Å². The molecule has 86 valence electrons. The molecule has 0 radical (unpaired) electrons. The molecule has 1 aromatic rings. The fourth-order valence-electron chi connectivity index (χ4n) is 1.68. The van der Waals surface area contributed by atoms with Crippen molar-refractivity contribution in [2.75, 3.05) is 13.2 Å². The highest BCUT2D eigenvalue weighted by Crippen LogP contribution is 2.31. The first kappa shape index (κ1) is 11.4. The maximum Gasteiger partial charge on any atom is 0.125 e. The van der Waals surface area contributed by atoms with E-state index in [1.807, 2.05) is 19.9 Å². The summed E-state index contributed by atoms with van der Waals surface area (Å²) in [5.41, 5.74) is 8.16. The van der Waals surface area contributed by atoms with E-state index in [1.165, 1.54) is 0 Å². The van der Waals surface area contributed by atoms with Crippen LogP contribution >= 0.6 is 11.8 Å². The maximum atomic E-state index is 7.60. The van der Waals surface area contributed by atoms with Gasteiger partial charge in [0.1, 0.15) is 5.84 Å². The fraction of sp³-hybridized carbons (Fsp3) is 0.455. The molecular formula is C11H15N3OS. The van der Waals surface area contributed by atoms with Crippen LogP contribution in [-0.2, 0) is 4.74 Å². The van der Waals surface area contributed by atoms with Crippen LogP contribution in [0.4, 0.5) is 0 Å². The molecule has 2 heterocycles. The predicted molar refractivity (Wildman–Crippen MR) is 65.2 cm³/mol. The Hall–Kier alpha value is -1.07. The van der Waals surface area contributed by atoms with Crippen LogP contribution in [0.1, 0.15) is 17.0 Å². The molecule has 5 heteroatoms. The highest BCUT2D eigenvalue weighted by molar-refractivity contribution is 8.00. The molecule has 0 aliphatic carbocycles. The van der Waals surface area contributed by atoms with Crippen LogP contribution in [0.15, 0.2) is 11.0 Å². The molecule has 4 nitrogen and oxygen atoms in total. The molecule has 1 fully saturated rings. The minimum atomic E-state index is 0.0905. The number of thioether (sulfide) groups is 1. The Morgan fingerprint density at radius 1 is 1.56 bits per heavy atom. The van der Waals surface area contributed by atoms with E-state index in [0.717, 1.165) is 35.1 Å². The maximum absolute atomic E-state index is 7.60. The zero-order valence-corrected chi connectivity index (χ0v) is 10.2. The van der Waals surface area contributed by atoms with Crippen LogP contribution < -0.4 is 5.73 Å². The molecule has 1 aliphatic rings. The summed E-state index contributed by atoms with van der Waals surface area (Å²) in [6.45, 7) is 5.41. The lowest BCUT2D eigenvalue weighted by Gasteiger charge is -2.26. The Kier molecular flexibility index (Phi) is 3.16. The smallest absolute Gasteiger partial charge is 0.125 e. The van der Waals surface area contributed by atoms with Gasteiger partial charge in [-0.3, -0.25) is 10.4 Å². The Bertz CT molecular complexity index is 429. The summed E-state index contributed by atoms with van der Waals surface area (Å²) in [5.74, 6) is 0.0905. The SMILES string of the molecule is Cc1cc(SC2COC2)c(C(=N)N)c(C)n1. The van der Waals surface area contributed by atoms with Crippen molar-refractivity contribution in [2.45, 2.75) is 24.0 Å². The monoisotopic (exact) mass is 237 g/mol. The Morgan fingerprint density at radius 3 is 2.75 bits per heavy atom. The second kappa shape index (κ2) is 4.43. The molecule has 0 aromatic carbocycles. The van der Waals surface area contributed by atoms with E-state index in [4.69, 9.17) is 15.9 Å². The van der Waals surface area contributed by atoms with Crippen LogP contribution in [0.5, 0.6) is 0 Å². The lowest BCUT2D eigenvalue weighted by molar-refractivity contribution is 0.0455. The number of nitrogens with zero attached hydrogens (tertiary/aromatic N) is 1. The zero-order valence-electron chi connectivity index (χ0n) is 9.41. The molecule has 0 unspecified atom stereocenters. The van der Waals surface area contributed by atoms with E-state index in [-0.39, 0.29) is 5.84 Å². The first-order valence-corrected chi connectivity index (χ1v) is 6.03. The number of pyridine rings is 1. The molecule has 0 bridgehead atoms. The molecule has 3 N–H and O–H groups in total. The van der Waals surface area contributed by atoms with Crippen LogP contribution in [0.25, 0.3) is 0 Å². The highest BCUT2D eigenvalue weighted by atomic mass is 32.2. The van der Waals surface area contributed by atoms with Crippen molar-refractivity contribution in [3.63, 3.8) is 0 Å². The van der Waals surface area contributed by atoms with E-state index in [0.29, 0.717) is 5.25 Å². The average molecular weight is 237 g/mol. The molecule has 1 saturated heterocycles. The number of nitrogens with two attached hydrogens (primary N) is 1. The van der Waals surface area contributed by atoms with E-state index >= 15 is 0 Å². The summed E-state index contributed by atoms with van der Waals surface area (Å²) >= 11 is 1.73. The molecule has 1 aromatic heterocycles. The molecule has 0 spiro atoms. The Morgan fingerprint density at radius 2 is 2.25 bits per heavy atom. The van der Waals surface area contributed by atoms with Crippen molar-refractivity contribution in [3.8, 4) is 0 Å². The number of nitrogens with one attached hydrogen (secondary N) is 1. The third kappa shape index (κ3) is 2.20. The summed E-state index contributed by atoms with van der Waals surface area (Å²) in [6.07, 6.45) is 0. The molecule has 0 atom stereocenters. The minimum Gasteiger partial charge on any atom is -0.384 e. The zero-order chi connectivity index (χ0) is 11.7. The minimum absolute atomic E-state index is 0.0905. The summed E-state index contributed by atoms with van der Waals surface area (Å²) in [7, 11) is 0. The molecular weight excluding hydrogens is 222 g/mol. The van der Waals surface area contributed by atoms with Gasteiger partial charge >= 0.3 is 0 Å². The Labute approximate surface area is 99.1 Å². The van der Waals surface area contributed by atoms with Crippen LogP contribution in [0.3, 0.4) is 0 Å². The fourth-order valence-corrected chi connectivity index (χ4v) is 2.98. The summed E-state index contributed by atoms with van der Waals surface area (Å²) < 4.78 is 5.15. The Balaban J connectivity index is 2.35. The molecule has 1 aliphatic heterocycles. The summed E-state index contributed by atoms with van der Waals surface area (Å²) in [5, 5.41) is 8.09. The number of nitrogen functional groups attached to an aromatic ring is 1. The van der Waals surface area contributed by atoms with Crippen LogP contribution in [0.2, 0.25) is 0 Å². The van der Waals surface area contributed by atoms with Crippen LogP contribution in [-0.4, -0.2) is 29.3 Å². The second-order valence-corrected chi connectivity index (χ2v) is 5.26. The number of rotatable bonds is 3. The second-order valence-electron chi connectivity index (χ2n) is 3.91. The van der Waals surface area contributed by atoms with E-state index in [9.17, 15) is 0 Å². The first-order valence-electron chi connectivity index (χ1n) is 5.15. The van der Waals surface area contributed by atoms with Gasteiger partial charge in [-0.05, 0) is 19.9 Å². The van der Waals surface area contributed by atoms with Crippen molar-refractivity contribution in [2.24, 2.45) is 5.73 Å². The normalized spacial score (nSPS) is 15.9. The summed E-state index contributed by atoms with van der Waals surface area (Å²) in [6, 6.07) is 1.99. The van der Waals surface area contributed by atoms with Gasteiger partial charge < -0.3 is 10.5 Å². The van der Waals surface area contributed by atoms with Gasteiger partial charge in [0, 0.05) is 16.3 Å². The number of ether oxygens (including phenoxy) is 1. The molecule has 2 rings (SSSR count). The van der Waals surface area contributed by atoms with E-state index in [2.05, 4.69) is 4.98 Å². The van der Waals surface area contributed by atoms with Crippen LogP contribution in [0, 0.1) is 19.3 Å². The van der Waals surface area contributed by atoms with E-state index in [1.54, 1.807) is 11.8 Å². The van der Waals surface area contributed by atoms with Gasteiger partial charge in [-0.15, -0.1) is 11.8 Å². The topological polar surface area (TPSA) is 72.0 Å². The van der Waals surface area contributed by atoms with Gasteiger partial charge in [-0.1, -0.05) is 0 Å². The van der Waals surface area contributed by atoms with Gasteiger partial charge in [-0.2, -0.15) is 0 Å². The van der Waals surface area contributed by atoms with Crippen molar-refractivity contribution in [3.05, 3.63) is 23.0 Å². The standard InChI is InChI=1S/C11H15N3OS/c1-6-3-9(16-8-4-15-5-8)10(11(12)13)7(2)14-6/h3,8H,4-5H2,1-2H3,(H3,12,13). The number of aromatic nitrogens is 1. The lowest BCUT2D eigenvalue weighted by atomic mass is 10.1. The first-order chi connectivity index (χ1) is 7.58. The highest BCUT2D eigenvalue weighted by Gasteiger charge is 2.22. The predicted octanol–water partition coefficient (Wildman–Crippen LogP) is 1.47. The third-order valence-electron chi connectivity index (χ3n) is 2.46. The molecule has 0 amide bonds. The number of hydrogen-bond donors (Lipinski definition) is 2. The van der Waals surface area contributed by atoms with Crippen molar-refractivity contribution >= 4 is 17.6 Å². The lowest BCUT2D eigenvalue weighted by Crippen LogP contribution is -2.30. The quantitative estimate of drug-likeness (QED) is 0.617. The number of hydrogen-bond acceptors (Lipinski definition) is 4. The third-order valence-corrected chi connectivity index (χ3v) is 3.64. The van der Waals surface area contributed by atoms with Gasteiger partial charge in [0.15, 0.2) is 0 Å². The van der Waals surface area contributed by atoms with E-state index < -0.39 is 0 Å². The summed E-state index contributed by atoms with van der Waals surface area (Å²) in [4.78, 5) is 5.39. The number of aryl methyl sites for hydroxylation is 2. The van der Waals surface area contributed by atoms with Crippen molar-refractivity contribution < 1.29 is 4.74 Å². The largest absolute Gasteiger partial charge is 0.384 e. The van der Waals surface area contributed by atoms with Gasteiger partial charge in [-0.25, -0.2) is 0 Å². The molecule has 16 heavy (non-hydrogen) atoms. The molecule has 0 saturated carbocycles.